The topological polar surface area (TPSA) is 61.4 Å². The number of urea groups is 1. The van der Waals surface area contributed by atoms with E-state index in [1.807, 2.05) is 6.92 Å². The van der Waals surface area contributed by atoms with Gasteiger partial charge < -0.3 is 15.7 Å². The highest BCUT2D eigenvalue weighted by atomic mass is 35.5. The lowest BCUT2D eigenvalue weighted by Gasteiger charge is -2.17. The van der Waals surface area contributed by atoms with E-state index in [0.29, 0.717) is 11.5 Å². The van der Waals surface area contributed by atoms with Gasteiger partial charge in [0.15, 0.2) is 0 Å². The molecule has 1 saturated carbocycles. The number of carbonyl (C=O) groups is 1. The number of benzene rings is 1. The van der Waals surface area contributed by atoms with E-state index >= 15 is 0 Å². The predicted molar refractivity (Wildman–Crippen MR) is 70.5 cm³/mol. The highest BCUT2D eigenvalue weighted by molar-refractivity contribution is 6.30. The maximum Gasteiger partial charge on any atom is 0.315 e. The van der Waals surface area contributed by atoms with Gasteiger partial charge in [0.25, 0.3) is 0 Å². The highest BCUT2D eigenvalue weighted by Crippen LogP contribution is 2.29. The molecule has 0 saturated heterocycles. The molecule has 3 unspecified atom stereocenters. The summed E-state index contributed by atoms with van der Waals surface area (Å²) in [5, 5.41) is 14.7. The number of aliphatic hydroxyl groups is 1. The van der Waals surface area contributed by atoms with Crippen molar-refractivity contribution in [1.82, 2.24) is 10.6 Å². The summed E-state index contributed by atoms with van der Waals surface area (Å²) < 4.78 is 13.3. The number of aliphatic hydroxyl groups excluding tert-OH is 1. The van der Waals surface area contributed by atoms with E-state index in [-0.39, 0.29) is 23.7 Å². The summed E-state index contributed by atoms with van der Waals surface area (Å²) in [6, 6.07) is 3.37. The average molecular weight is 287 g/mol. The van der Waals surface area contributed by atoms with Gasteiger partial charge in [-0.1, -0.05) is 24.6 Å². The molecule has 0 aliphatic heterocycles. The van der Waals surface area contributed by atoms with Crippen molar-refractivity contribution in [3.8, 4) is 0 Å². The Morgan fingerprint density at radius 2 is 2.32 bits per heavy atom. The van der Waals surface area contributed by atoms with Crippen LogP contribution in [0.25, 0.3) is 0 Å². The Bertz CT molecular complexity index is 484. The van der Waals surface area contributed by atoms with Crippen molar-refractivity contribution in [2.24, 2.45) is 5.92 Å². The van der Waals surface area contributed by atoms with Crippen LogP contribution in [-0.2, 0) is 0 Å². The van der Waals surface area contributed by atoms with Crippen molar-refractivity contribution in [3.63, 3.8) is 0 Å². The van der Waals surface area contributed by atoms with Gasteiger partial charge in [0.2, 0.25) is 0 Å². The molecule has 3 atom stereocenters. The first kappa shape index (κ1) is 14.1. The highest BCUT2D eigenvalue weighted by Gasteiger charge is 2.34. The zero-order valence-electron chi connectivity index (χ0n) is 10.5. The number of halogens is 2. The van der Waals surface area contributed by atoms with Crippen LogP contribution in [0.15, 0.2) is 18.2 Å². The number of rotatable bonds is 4. The van der Waals surface area contributed by atoms with Crippen LogP contribution in [0, 0.1) is 11.7 Å². The zero-order chi connectivity index (χ0) is 14.0. The van der Waals surface area contributed by atoms with Gasteiger partial charge in [-0.25, -0.2) is 9.18 Å². The van der Waals surface area contributed by atoms with E-state index in [9.17, 15) is 14.3 Å². The third-order valence-corrected chi connectivity index (χ3v) is 3.57. The molecule has 1 aromatic rings. The summed E-state index contributed by atoms with van der Waals surface area (Å²) in [5.74, 6) is -0.0815. The van der Waals surface area contributed by atoms with Crippen LogP contribution >= 0.6 is 11.6 Å². The first-order chi connectivity index (χ1) is 9.01. The van der Waals surface area contributed by atoms with Crippen LogP contribution in [0.5, 0.6) is 0 Å². The molecule has 4 nitrogen and oxygen atoms in total. The standard InChI is InChI=1S/C13H16ClFN2O2/c1-7-4-11(7)16-13(19)17-12(6-18)8-2-3-9(14)10(15)5-8/h2-3,5,7,11-12,18H,4,6H2,1H3,(H2,16,17,19). The molecular weight excluding hydrogens is 271 g/mol. The Kier molecular flexibility index (Phi) is 4.27. The van der Waals surface area contributed by atoms with E-state index < -0.39 is 11.9 Å². The molecule has 2 rings (SSSR count). The van der Waals surface area contributed by atoms with Gasteiger partial charge >= 0.3 is 6.03 Å². The van der Waals surface area contributed by atoms with Crippen LogP contribution < -0.4 is 10.6 Å². The first-order valence-electron chi connectivity index (χ1n) is 6.14. The maximum absolute atomic E-state index is 13.3. The summed E-state index contributed by atoms with van der Waals surface area (Å²) in [5.41, 5.74) is 0.475. The fraction of sp³-hybridized carbons (Fsp3) is 0.462. The van der Waals surface area contributed by atoms with Gasteiger partial charge in [0.1, 0.15) is 5.82 Å². The third-order valence-electron chi connectivity index (χ3n) is 3.26. The zero-order valence-corrected chi connectivity index (χ0v) is 11.2. The van der Waals surface area contributed by atoms with Gasteiger partial charge in [-0.05, 0) is 30.0 Å². The molecule has 0 radical (unpaired) electrons. The molecule has 0 bridgehead atoms. The molecule has 6 heteroatoms. The fourth-order valence-electron chi connectivity index (χ4n) is 1.85. The molecule has 1 fully saturated rings. The largest absolute Gasteiger partial charge is 0.394 e. The summed E-state index contributed by atoms with van der Waals surface area (Å²) in [4.78, 5) is 11.7. The second-order valence-electron chi connectivity index (χ2n) is 4.85. The molecule has 0 heterocycles. The number of amides is 2. The minimum absolute atomic E-state index is 0.0108. The third kappa shape index (κ3) is 3.58. The SMILES string of the molecule is CC1CC1NC(=O)NC(CO)c1ccc(Cl)c(F)c1. The summed E-state index contributed by atoms with van der Waals surface area (Å²) >= 11 is 5.59. The van der Waals surface area contributed by atoms with Crippen LogP contribution in [0.2, 0.25) is 5.02 Å². The number of hydrogen-bond donors (Lipinski definition) is 3. The molecule has 1 aliphatic carbocycles. The van der Waals surface area contributed by atoms with Gasteiger partial charge in [0.05, 0.1) is 17.7 Å². The van der Waals surface area contributed by atoms with Gasteiger partial charge in [0, 0.05) is 6.04 Å². The van der Waals surface area contributed by atoms with E-state index in [4.69, 9.17) is 11.6 Å². The molecule has 1 aliphatic rings. The second kappa shape index (κ2) is 5.75. The van der Waals surface area contributed by atoms with Crippen LogP contribution in [-0.4, -0.2) is 23.8 Å². The van der Waals surface area contributed by atoms with Crippen molar-refractivity contribution in [2.75, 3.05) is 6.61 Å². The van der Waals surface area contributed by atoms with Crippen molar-refractivity contribution < 1.29 is 14.3 Å². The monoisotopic (exact) mass is 286 g/mol. The quantitative estimate of drug-likeness (QED) is 0.795. The fourth-order valence-corrected chi connectivity index (χ4v) is 1.97. The molecule has 0 aromatic heterocycles. The summed E-state index contributed by atoms with van der Waals surface area (Å²) in [6.07, 6.45) is 0.965. The smallest absolute Gasteiger partial charge is 0.315 e. The maximum atomic E-state index is 13.3. The second-order valence-corrected chi connectivity index (χ2v) is 5.25. The van der Waals surface area contributed by atoms with Gasteiger partial charge in [-0.2, -0.15) is 0 Å². The number of nitrogens with one attached hydrogen (secondary N) is 2. The molecule has 104 valence electrons. The average Bonchev–Trinajstić information content (AvgIpc) is 3.05. The predicted octanol–water partition coefficient (Wildman–Crippen LogP) is 2.22. The van der Waals surface area contributed by atoms with Crippen LogP contribution in [0.1, 0.15) is 24.9 Å². The minimum atomic E-state index is -0.652. The first-order valence-corrected chi connectivity index (χ1v) is 6.52. The summed E-state index contributed by atoms with van der Waals surface area (Å²) in [6.45, 7) is 1.73. The lowest BCUT2D eigenvalue weighted by atomic mass is 10.1. The van der Waals surface area contributed by atoms with E-state index in [0.717, 1.165) is 6.42 Å². The van der Waals surface area contributed by atoms with Gasteiger partial charge in [-0.15, -0.1) is 0 Å². The van der Waals surface area contributed by atoms with Gasteiger partial charge in [-0.3, -0.25) is 0 Å². The molecular formula is C13H16ClFN2O2. The van der Waals surface area contributed by atoms with Crippen molar-refractivity contribution in [1.29, 1.82) is 0 Å². The normalized spacial score (nSPS) is 22.7. The molecule has 2 amide bonds. The van der Waals surface area contributed by atoms with Crippen molar-refractivity contribution >= 4 is 17.6 Å². The van der Waals surface area contributed by atoms with Crippen LogP contribution in [0.3, 0.4) is 0 Å². The Labute approximate surface area is 116 Å². The number of carbonyl (C=O) groups excluding carboxylic acids is 1. The van der Waals surface area contributed by atoms with Crippen LogP contribution in [0.4, 0.5) is 9.18 Å². The Morgan fingerprint density at radius 3 is 2.84 bits per heavy atom. The summed E-state index contributed by atoms with van der Waals surface area (Å²) in [7, 11) is 0. The van der Waals surface area contributed by atoms with E-state index in [1.165, 1.54) is 12.1 Å². The van der Waals surface area contributed by atoms with E-state index in [2.05, 4.69) is 10.6 Å². The van der Waals surface area contributed by atoms with Crippen molar-refractivity contribution in [2.45, 2.75) is 25.4 Å². The Balaban J connectivity index is 1.98. The molecule has 0 spiro atoms. The Hall–Kier alpha value is -1.33. The molecule has 1 aromatic carbocycles. The Morgan fingerprint density at radius 1 is 1.63 bits per heavy atom. The minimum Gasteiger partial charge on any atom is -0.394 e. The number of hydrogen-bond acceptors (Lipinski definition) is 2. The lowest BCUT2D eigenvalue weighted by Crippen LogP contribution is -2.40. The molecule has 19 heavy (non-hydrogen) atoms. The van der Waals surface area contributed by atoms with E-state index in [1.54, 1.807) is 6.07 Å². The van der Waals surface area contributed by atoms with Crippen molar-refractivity contribution in [3.05, 3.63) is 34.6 Å². The molecule has 3 N–H and O–H groups in total. The lowest BCUT2D eigenvalue weighted by molar-refractivity contribution is 0.216.